The Bertz CT molecular complexity index is 585. The van der Waals surface area contributed by atoms with Gasteiger partial charge < -0.3 is 10.2 Å². The smallest absolute Gasteiger partial charge is 0.153 e. The van der Waals surface area contributed by atoms with Gasteiger partial charge in [0.25, 0.3) is 0 Å². The minimum atomic E-state index is -0.219. The summed E-state index contributed by atoms with van der Waals surface area (Å²) in [5, 5.41) is 10.8. The number of halogens is 1. The number of anilines is 1. The molecule has 3 rings (SSSR count). The summed E-state index contributed by atoms with van der Waals surface area (Å²) in [7, 11) is 0. The van der Waals surface area contributed by atoms with Gasteiger partial charge in [-0.1, -0.05) is 12.1 Å². The molecule has 0 bridgehead atoms. The van der Waals surface area contributed by atoms with Gasteiger partial charge in [0.1, 0.15) is 5.82 Å². The van der Waals surface area contributed by atoms with Crippen LogP contribution < -0.4 is 10.2 Å². The molecule has 0 aliphatic carbocycles. The lowest BCUT2D eigenvalue weighted by atomic mass is 10.1. The summed E-state index contributed by atoms with van der Waals surface area (Å²) in [4.78, 5) is 2.26. The minimum Gasteiger partial charge on any atom is -0.354 e. The van der Waals surface area contributed by atoms with E-state index in [0.717, 1.165) is 49.7 Å². The number of nitrogens with one attached hydrogen (secondary N) is 2. The van der Waals surface area contributed by atoms with Gasteiger partial charge in [-0.15, -0.1) is 0 Å². The van der Waals surface area contributed by atoms with Crippen LogP contribution in [0.2, 0.25) is 0 Å². The molecule has 5 heteroatoms. The van der Waals surface area contributed by atoms with E-state index in [-0.39, 0.29) is 5.82 Å². The third kappa shape index (κ3) is 2.41. The van der Waals surface area contributed by atoms with Crippen LogP contribution >= 0.6 is 0 Å². The van der Waals surface area contributed by atoms with E-state index < -0.39 is 0 Å². The Labute approximate surface area is 118 Å². The molecule has 2 heterocycles. The average molecular weight is 274 g/mol. The summed E-state index contributed by atoms with van der Waals surface area (Å²) >= 11 is 0. The highest BCUT2D eigenvalue weighted by Gasteiger charge is 2.19. The normalized spacial score (nSPS) is 16.2. The Morgan fingerprint density at radius 3 is 2.90 bits per heavy atom. The molecule has 106 valence electrons. The van der Waals surface area contributed by atoms with Crippen LogP contribution in [0, 0.1) is 12.7 Å². The molecule has 20 heavy (non-hydrogen) atoms. The van der Waals surface area contributed by atoms with Gasteiger partial charge >= 0.3 is 0 Å². The maximum atomic E-state index is 13.9. The predicted octanol–water partition coefficient (Wildman–Crippen LogP) is 2.32. The van der Waals surface area contributed by atoms with E-state index in [4.69, 9.17) is 0 Å². The number of H-pyrrole nitrogens is 1. The first-order valence-corrected chi connectivity index (χ1v) is 7.03. The van der Waals surface area contributed by atoms with Gasteiger partial charge in [0, 0.05) is 30.8 Å². The van der Waals surface area contributed by atoms with Crippen LogP contribution in [-0.2, 0) is 0 Å². The van der Waals surface area contributed by atoms with Crippen LogP contribution in [0.15, 0.2) is 24.3 Å². The van der Waals surface area contributed by atoms with Crippen LogP contribution in [0.25, 0.3) is 11.3 Å². The van der Waals surface area contributed by atoms with Crippen molar-refractivity contribution in [3.63, 3.8) is 0 Å². The second kappa shape index (κ2) is 5.63. The Hall–Kier alpha value is -1.88. The van der Waals surface area contributed by atoms with E-state index in [2.05, 4.69) is 20.4 Å². The maximum Gasteiger partial charge on any atom is 0.153 e. The van der Waals surface area contributed by atoms with Gasteiger partial charge in [-0.25, -0.2) is 4.39 Å². The minimum absolute atomic E-state index is 0.219. The van der Waals surface area contributed by atoms with E-state index in [1.165, 1.54) is 6.07 Å². The van der Waals surface area contributed by atoms with Gasteiger partial charge in [0.15, 0.2) is 5.82 Å². The first-order valence-electron chi connectivity index (χ1n) is 7.03. The van der Waals surface area contributed by atoms with Crippen molar-refractivity contribution in [3.05, 3.63) is 35.6 Å². The van der Waals surface area contributed by atoms with Crippen molar-refractivity contribution in [1.29, 1.82) is 0 Å². The number of hydrogen-bond donors (Lipinski definition) is 2. The molecule has 4 nitrogen and oxygen atoms in total. The van der Waals surface area contributed by atoms with Gasteiger partial charge in [0.2, 0.25) is 0 Å². The van der Waals surface area contributed by atoms with Gasteiger partial charge in [-0.3, -0.25) is 5.10 Å². The zero-order valence-corrected chi connectivity index (χ0v) is 11.6. The number of benzene rings is 1. The van der Waals surface area contributed by atoms with Crippen LogP contribution in [0.3, 0.4) is 0 Å². The highest BCUT2D eigenvalue weighted by Crippen LogP contribution is 2.29. The second-order valence-electron chi connectivity index (χ2n) is 5.12. The Balaban J connectivity index is 1.94. The zero-order valence-electron chi connectivity index (χ0n) is 11.6. The zero-order chi connectivity index (χ0) is 13.9. The molecule has 1 saturated heterocycles. The Kier molecular flexibility index (Phi) is 3.69. The molecule has 2 N–H and O–H groups in total. The summed E-state index contributed by atoms with van der Waals surface area (Å²) in [6.45, 7) is 5.91. The van der Waals surface area contributed by atoms with Crippen molar-refractivity contribution in [1.82, 2.24) is 15.5 Å². The van der Waals surface area contributed by atoms with Gasteiger partial charge in [-0.05, 0) is 32.0 Å². The Morgan fingerprint density at radius 2 is 2.05 bits per heavy atom. The highest BCUT2D eigenvalue weighted by molar-refractivity contribution is 5.69. The molecule has 1 fully saturated rings. The van der Waals surface area contributed by atoms with Crippen molar-refractivity contribution in [3.8, 4) is 11.3 Å². The molecule has 1 aromatic heterocycles. The SMILES string of the molecule is Cc1c(N2CCCNCC2)n[nH]c1-c1ccccc1F. The fourth-order valence-electron chi connectivity index (χ4n) is 2.68. The second-order valence-corrected chi connectivity index (χ2v) is 5.12. The number of nitrogens with zero attached hydrogens (tertiary/aromatic N) is 2. The summed E-state index contributed by atoms with van der Waals surface area (Å²) in [5.74, 6) is 0.718. The standard InChI is InChI=1S/C15H19FN4/c1-11-14(12-5-2-3-6-13(12)16)18-19-15(11)20-9-4-7-17-8-10-20/h2-3,5-6,17H,4,7-10H2,1H3,(H,18,19). The van der Waals surface area contributed by atoms with Crippen LogP contribution in [0.5, 0.6) is 0 Å². The van der Waals surface area contributed by atoms with Gasteiger partial charge in [0.05, 0.1) is 5.69 Å². The molecule has 1 aliphatic rings. The quantitative estimate of drug-likeness (QED) is 0.883. The monoisotopic (exact) mass is 274 g/mol. The van der Waals surface area contributed by atoms with E-state index in [1.54, 1.807) is 12.1 Å². The van der Waals surface area contributed by atoms with E-state index >= 15 is 0 Å². The molecule has 0 spiro atoms. The summed E-state index contributed by atoms with van der Waals surface area (Å²) in [6.07, 6.45) is 1.10. The molecular weight excluding hydrogens is 255 g/mol. The lowest BCUT2D eigenvalue weighted by molar-refractivity contribution is 0.630. The lowest BCUT2D eigenvalue weighted by Gasteiger charge is -2.20. The molecule has 0 saturated carbocycles. The largest absolute Gasteiger partial charge is 0.354 e. The number of rotatable bonds is 2. The number of aromatic amines is 1. The molecular formula is C15H19FN4. The van der Waals surface area contributed by atoms with Crippen LogP contribution in [-0.4, -0.2) is 36.4 Å². The molecule has 0 amide bonds. The van der Waals surface area contributed by atoms with Crippen molar-refractivity contribution in [2.75, 3.05) is 31.1 Å². The molecule has 0 unspecified atom stereocenters. The fourth-order valence-corrected chi connectivity index (χ4v) is 2.68. The lowest BCUT2D eigenvalue weighted by Crippen LogP contribution is -2.28. The van der Waals surface area contributed by atoms with E-state index in [0.29, 0.717) is 5.56 Å². The van der Waals surface area contributed by atoms with E-state index in [1.807, 2.05) is 13.0 Å². The topological polar surface area (TPSA) is 44.0 Å². The molecule has 0 radical (unpaired) electrons. The van der Waals surface area contributed by atoms with Crippen molar-refractivity contribution >= 4 is 5.82 Å². The van der Waals surface area contributed by atoms with Crippen LogP contribution in [0.4, 0.5) is 10.2 Å². The fraction of sp³-hybridized carbons (Fsp3) is 0.400. The summed E-state index contributed by atoms with van der Waals surface area (Å²) in [6, 6.07) is 6.80. The molecule has 1 aliphatic heterocycles. The first kappa shape index (κ1) is 13.1. The number of aromatic nitrogens is 2. The van der Waals surface area contributed by atoms with Crippen molar-refractivity contribution < 1.29 is 4.39 Å². The number of hydrogen-bond acceptors (Lipinski definition) is 3. The third-order valence-electron chi connectivity index (χ3n) is 3.77. The van der Waals surface area contributed by atoms with Crippen LogP contribution in [0.1, 0.15) is 12.0 Å². The average Bonchev–Trinajstić information content (AvgIpc) is 2.67. The summed E-state index contributed by atoms with van der Waals surface area (Å²) in [5.41, 5.74) is 2.36. The summed E-state index contributed by atoms with van der Waals surface area (Å²) < 4.78 is 13.9. The predicted molar refractivity (Wildman–Crippen MR) is 78.4 cm³/mol. The van der Waals surface area contributed by atoms with E-state index in [9.17, 15) is 4.39 Å². The third-order valence-corrected chi connectivity index (χ3v) is 3.77. The first-order chi connectivity index (χ1) is 9.77. The maximum absolute atomic E-state index is 13.9. The molecule has 1 aromatic carbocycles. The van der Waals surface area contributed by atoms with Crippen molar-refractivity contribution in [2.45, 2.75) is 13.3 Å². The molecule has 0 atom stereocenters. The van der Waals surface area contributed by atoms with Gasteiger partial charge in [-0.2, -0.15) is 5.10 Å². The highest BCUT2D eigenvalue weighted by atomic mass is 19.1. The van der Waals surface area contributed by atoms with Crippen molar-refractivity contribution in [2.24, 2.45) is 0 Å². The Morgan fingerprint density at radius 1 is 1.20 bits per heavy atom. The molecule has 2 aromatic rings.